The fourth-order valence-corrected chi connectivity index (χ4v) is 3.98. The third-order valence-corrected chi connectivity index (χ3v) is 5.09. The minimum Gasteiger partial charge on any atom is -0.349 e. The number of aromatic nitrogens is 2. The van der Waals surface area contributed by atoms with Crippen molar-refractivity contribution in [1.82, 2.24) is 15.3 Å². The molecule has 0 saturated heterocycles. The maximum Gasteiger partial charge on any atom is 0.254 e. The molecule has 1 aliphatic rings. The molecule has 0 saturated carbocycles. The number of nitrogens with one attached hydrogen (secondary N) is 2. The molecule has 6 heteroatoms. The number of aryl methyl sites for hydroxylation is 2. The molecule has 5 nitrogen and oxygen atoms in total. The first-order chi connectivity index (χ1) is 11.0. The van der Waals surface area contributed by atoms with Crippen molar-refractivity contribution in [3.05, 3.63) is 57.3 Å². The molecule has 1 amide bonds. The van der Waals surface area contributed by atoms with Crippen LogP contribution in [-0.2, 0) is 11.2 Å². The van der Waals surface area contributed by atoms with Crippen LogP contribution in [0.25, 0.3) is 0 Å². The number of aromatic amines is 1. The lowest BCUT2D eigenvalue weighted by atomic mass is 10.0. The summed E-state index contributed by atoms with van der Waals surface area (Å²) in [5.74, 6) is 1.40. The Balaban J connectivity index is 1.75. The average Bonchev–Trinajstić information content (AvgIpc) is 2.51. The second kappa shape index (κ2) is 6.58. The van der Waals surface area contributed by atoms with Crippen LogP contribution in [0.15, 0.2) is 34.0 Å². The van der Waals surface area contributed by atoms with E-state index in [1.54, 1.807) is 13.8 Å². The lowest BCUT2D eigenvalue weighted by Gasteiger charge is -2.25. The zero-order valence-corrected chi connectivity index (χ0v) is 14.0. The van der Waals surface area contributed by atoms with E-state index in [4.69, 9.17) is 0 Å². The second-order valence-corrected chi connectivity index (χ2v) is 6.82. The van der Waals surface area contributed by atoms with E-state index in [9.17, 15) is 9.59 Å². The number of hydrogen-bond donors (Lipinski definition) is 2. The summed E-state index contributed by atoms with van der Waals surface area (Å²) in [6.07, 6.45) is 0.954. The number of nitrogens with zero attached hydrogens (tertiary/aromatic N) is 1. The van der Waals surface area contributed by atoms with Crippen LogP contribution in [0.5, 0.6) is 0 Å². The van der Waals surface area contributed by atoms with Gasteiger partial charge in [0, 0.05) is 21.9 Å². The maximum absolute atomic E-state index is 12.4. The van der Waals surface area contributed by atoms with Gasteiger partial charge in [0.25, 0.3) is 5.56 Å². The van der Waals surface area contributed by atoms with Gasteiger partial charge < -0.3 is 10.3 Å². The number of amides is 1. The largest absolute Gasteiger partial charge is 0.349 e. The zero-order chi connectivity index (χ0) is 16.4. The molecule has 1 aromatic heterocycles. The highest BCUT2D eigenvalue weighted by molar-refractivity contribution is 7.99. The highest BCUT2D eigenvalue weighted by Crippen LogP contribution is 2.35. The van der Waals surface area contributed by atoms with Crippen molar-refractivity contribution < 1.29 is 4.79 Å². The second-order valence-electron chi connectivity index (χ2n) is 5.69. The average molecular weight is 329 g/mol. The van der Waals surface area contributed by atoms with E-state index in [-0.39, 0.29) is 23.9 Å². The molecule has 2 N–H and O–H groups in total. The van der Waals surface area contributed by atoms with Crippen molar-refractivity contribution in [3.63, 3.8) is 0 Å². The smallest absolute Gasteiger partial charge is 0.254 e. The Morgan fingerprint density at radius 3 is 2.96 bits per heavy atom. The molecule has 2 aromatic rings. The topological polar surface area (TPSA) is 74.8 Å². The summed E-state index contributed by atoms with van der Waals surface area (Å²) in [4.78, 5) is 32.5. The van der Waals surface area contributed by atoms with Crippen LogP contribution in [0.3, 0.4) is 0 Å². The van der Waals surface area contributed by atoms with Crippen LogP contribution in [0.4, 0.5) is 0 Å². The summed E-state index contributed by atoms with van der Waals surface area (Å²) in [6, 6.07) is 8.15. The maximum atomic E-state index is 12.4. The van der Waals surface area contributed by atoms with Crippen LogP contribution in [0, 0.1) is 13.8 Å². The van der Waals surface area contributed by atoms with Gasteiger partial charge in [-0.1, -0.05) is 18.2 Å². The first-order valence-electron chi connectivity index (χ1n) is 7.62. The fourth-order valence-electron chi connectivity index (χ4n) is 2.86. The van der Waals surface area contributed by atoms with E-state index in [2.05, 4.69) is 27.4 Å². The van der Waals surface area contributed by atoms with Crippen LogP contribution < -0.4 is 10.9 Å². The van der Waals surface area contributed by atoms with E-state index < -0.39 is 0 Å². The molecule has 1 atom stereocenters. The van der Waals surface area contributed by atoms with Gasteiger partial charge in [0.1, 0.15) is 5.82 Å². The van der Waals surface area contributed by atoms with Gasteiger partial charge in [-0.15, -0.1) is 11.8 Å². The molecule has 0 bridgehead atoms. The van der Waals surface area contributed by atoms with Gasteiger partial charge in [-0.05, 0) is 31.9 Å². The van der Waals surface area contributed by atoms with E-state index in [1.165, 1.54) is 4.90 Å². The Hall–Kier alpha value is -2.08. The summed E-state index contributed by atoms with van der Waals surface area (Å²) in [7, 11) is 0. The lowest BCUT2D eigenvalue weighted by molar-refractivity contribution is -0.121. The standard InChI is InChI=1S/C17H19N3O2S/c1-10-13(17(22)19-11(2)18-10)9-16(21)20-14-7-8-23-15-6-4-3-5-12(14)15/h3-6,14H,7-9H2,1-2H3,(H,20,21)(H,18,19,22)/t14-/m1/s1. The predicted molar refractivity (Wildman–Crippen MR) is 90.7 cm³/mol. The Morgan fingerprint density at radius 1 is 1.39 bits per heavy atom. The minimum absolute atomic E-state index is 0.0118. The number of rotatable bonds is 3. The number of hydrogen-bond acceptors (Lipinski definition) is 4. The van der Waals surface area contributed by atoms with E-state index >= 15 is 0 Å². The molecule has 0 fully saturated rings. The van der Waals surface area contributed by atoms with E-state index in [1.807, 2.05) is 23.9 Å². The quantitative estimate of drug-likeness (QED) is 0.906. The monoisotopic (exact) mass is 329 g/mol. The predicted octanol–water partition coefficient (Wildman–Crippen LogP) is 2.28. The van der Waals surface area contributed by atoms with E-state index in [0.717, 1.165) is 17.7 Å². The Morgan fingerprint density at radius 2 is 2.17 bits per heavy atom. The molecular formula is C17H19N3O2S. The Bertz CT molecular complexity index is 801. The summed E-state index contributed by atoms with van der Waals surface area (Å²) in [6.45, 7) is 3.49. The van der Waals surface area contributed by atoms with Gasteiger partial charge in [0.2, 0.25) is 5.91 Å². The molecule has 1 aromatic carbocycles. The van der Waals surface area contributed by atoms with Gasteiger partial charge in [-0.25, -0.2) is 4.98 Å². The number of carbonyl (C=O) groups excluding carboxylic acids is 1. The number of benzene rings is 1. The fraction of sp³-hybridized carbons (Fsp3) is 0.353. The molecule has 0 aliphatic carbocycles. The lowest BCUT2D eigenvalue weighted by Crippen LogP contribution is -2.33. The normalized spacial score (nSPS) is 16.7. The number of H-pyrrole nitrogens is 1. The van der Waals surface area contributed by atoms with Crippen LogP contribution in [0.2, 0.25) is 0 Å². The first-order valence-corrected chi connectivity index (χ1v) is 8.60. The number of thioether (sulfide) groups is 1. The van der Waals surface area contributed by atoms with Crippen molar-refractivity contribution in [1.29, 1.82) is 0 Å². The molecule has 0 unspecified atom stereocenters. The molecule has 0 radical (unpaired) electrons. The van der Waals surface area contributed by atoms with Gasteiger partial charge >= 0.3 is 0 Å². The zero-order valence-electron chi connectivity index (χ0n) is 13.2. The van der Waals surface area contributed by atoms with Gasteiger partial charge in [0.05, 0.1) is 12.5 Å². The summed E-state index contributed by atoms with van der Waals surface area (Å²) in [5, 5.41) is 3.06. The summed E-state index contributed by atoms with van der Waals surface area (Å²) in [5.41, 5.74) is 1.97. The first kappa shape index (κ1) is 15.8. The highest BCUT2D eigenvalue weighted by atomic mass is 32.2. The highest BCUT2D eigenvalue weighted by Gasteiger charge is 2.22. The third-order valence-electron chi connectivity index (χ3n) is 3.97. The van der Waals surface area contributed by atoms with Gasteiger partial charge in [-0.3, -0.25) is 9.59 Å². The van der Waals surface area contributed by atoms with Crippen molar-refractivity contribution in [3.8, 4) is 0 Å². The summed E-state index contributed by atoms with van der Waals surface area (Å²) < 4.78 is 0. The van der Waals surface area contributed by atoms with Crippen LogP contribution in [-0.4, -0.2) is 21.6 Å². The molecule has 120 valence electrons. The molecular weight excluding hydrogens is 310 g/mol. The van der Waals surface area contributed by atoms with Crippen molar-refractivity contribution in [2.75, 3.05) is 5.75 Å². The van der Waals surface area contributed by atoms with E-state index in [0.29, 0.717) is 17.1 Å². The SMILES string of the molecule is Cc1nc(C)c(CC(=O)N[C@@H]2CCSc3ccccc32)c(=O)[nH]1. The Labute approximate surface area is 138 Å². The van der Waals surface area contributed by atoms with Crippen LogP contribution >= 0.6 is 11.8 Å². The summed E-state index contributed by atoms with van der Waals surface area (Å²) >= 11 is 1.81. The minimum atomic E-state index is -0.232. The van der Waals surface area contributed by atoms with Crippen LogP contribution in [0.1, 0.15) is 35.1 Å². The van der Waals surface area contributed by atoms with Crippen molar-refractivity contribution in [2.24, 2.45) is 0 Å². The Kier molecular flexibility index (Phi) is 4.52. The molecule has 0 spiro atoms. The molecule has 3 rings (SSSR count). The number of carbonyl (C=O) groups is 1. The van der Waals surface area contributed by atoms with Gasteiger partial charge in [-0.2, -0.15) is 0 Å². The number of fused-ring (bicyclic) bond motifs is 1. The third kappa shape index (κ3) is 3.47. The molecule has 1 aliphatic heterocycles. The van der Waals surface area contributed by atoms with Crippen molar-refractivity contribution >= 4 is 17.7 Å². The molecule has 2 heterocycles. The van der Waals surface area contributed by atoms with Crippen molar-refractivity contribution in [2.45, 2.75) is 37.6 Å². The van der Waals surface area contributed by atoms with Gasteiger partial charge in [0.15, 0.2) is 0 Å². The molecule has 23 heavy (non-hydrogen) atoms.